The van der Waals surface area contributed by atoms with Gasteiger partial charge in [-0.1, -0.05) is 38.0 Å². The number of rotatable bonds is 4. The highest BCUT2D eigenvalue weighted by Gasteiger charge is 2.22. The van der Waals surface area contributed by atoms with Crippen molar-refractivity contribution in [1.82, 2.24) is 0 Å². The summed E-state index contributed by atoms with van der Waals surface area (Å²) in [5.74, 6) is 0.743. The summed E-state index contributed by atoms with van der Waals surface area (Å²) in [4.78, 5) is 0. The lowest BCUT2D eigenvalue weighted by Gasteiger charge is -2.29. The molecule has 2 heteroatoms. The molecule has 0 aliphatic heterocycles. The van der Waals surface area contributed by atoms with E-state index >= 15 is 0 Å². The Hall–Kier alpha value is -1.70. The fraction of sp³-hybridized carbons (Fsp3) is 0.455. The first-order valence-corrected chi connectivity index (χ1v) is 9.14. The molecule has 0 unspecified atom stereocenters. The molecule has 0 amide bonds. The summed E-state index contributed by atoms with van der Waals surface area (Å²) in [6, 6.07) is 9.89. The molecule has 0 atom stereocenters. The second kappa shape index (κ2) is 7.46. The van der Waals surface area contributed by atoms with Crippen LogP contribution in [0.4, 0.5) is 8.78 Å². The number of hydrogen-bond acceptors (Lipinski definition) is 0. The highest BCUT2D eigenvalue weighted by Crippen LogP contribution is 2.39. The Balaban J connectivity index is 1.79. The number of aryl methyl sites for hydroxylation is 1. The zero-order chi connectivity index (χ0) is 17.1. The largest absolute Gasteiger partial charge is 0.207 e. The monoisotopic (exact) mass is 328 g/mol. The van der Waals surface area contributed by atoms with Crippen molar-refractivity contribution < 1.29 is 8.78 Å². The molecule has 0 bridgehead atoms. The van der Waals surface area contributed by atoms with Crippen molar-refractivity contribution in [3.8, 4) is 11.1 Å². The van der Waals surface area contributed by atoms with Crippen molar-refractivity contribution in [2.45, 2.75) is 58.3 Å². The normalized spacial score (nSPS) is 21.0. The van der Waals surface area contributed by atoms with E-state index in [0.717, 1.165) is 23.1 Å². The van der Waals surface area contributed by atoms with Crippen LogP contribution in [0, 0.1) is 24.5 Å². The molecule has 128 valence electrons. The Morgan fingerprint density at radius 1 is 0.917 bits per heavy atom. The quantitative estimate of drug-likeness (QED) is 0.566. The predicted octanol–water partition coefficient (Wildman–Crippen LogP) is 7.01. The van der Waals surface area contributed by atoms with E-state index in [1.165, 1.54) is 56.2 Å². The maximum absolute atomic E-state index is 14.0. The molecule has 0 heterocycles. The van der Waals surface area contributed by atoms with E-state index in [9.17, 15) is 8.78 Å². The molecule has 3 rings (SSSR count). The summed E-state index contributed by atoms with van der Waals surface area (Å²) in [5, 5.41) is 0. The van der Waals surface area contributed by atoms with Crippen LogP contribution in [0.15, 0.2) is 36.4 Å². The second-order valence-electron chi connectivity index (χ2n) is 7.20. The van der Waals surface area contributed by atoms with Crippen molar-refractivity contribution in [1.29, 1.82) is 0 Å². The zero-order valence-corrected chi connectivity index (χ0v) is 14.6. The molecule has 1 aliphatic carbocycles. The first-order chi connectivity index (χ1) is 11.6. The Kier molecular flexibility index (Phi) is 5.33. The minimum absolute atomic E-state index is 0.353. The van der Waals surface area contributed by atoms with Crippen LogP contribution in [0.1, 0.15) is 62.5 Å². The van der Waals surface area contributed by atoms with Gasteiger partial charge in [-0.15, -0.1) is 0 Å². The van der Waals surface area contributed by atoms with Gasteiger partial charge in [-0.25, -0.2) is 8.78 Å². The van der Waals surface area contributed by atoms with Gasteiger partial charge in [-0.05, 0) is 79.3 Å². The third-order valence-corrected chi connectivity index (χ3v) is 5.48. The van der Waals surface area contributed by atoms with Gasteiger partial charge in [0.2, 0.25) is 0 Å². The molecular formula is C22H26F2. The average molecular weight is 328 g/mol. The molecule has 2 aromatic carbocycles. The second-order valence-corrected chi connectivity index (χ2v) is 7.20. The lowest BCUT2D eigenvalue weighted by Crippen LogP contribution is -2.13. The third-order valence-electron chi connectivity index (χ3n) is 5.48. The minimum Gasteiger partial charge on any atom is -0.207 e. The van der Waals surface area contributed by atoms with E-state index in [4.69, 9.17) is 0 Å². The molecule has 1 fully saturated rings. The maximum atomic E-state index is 14.0. The summed E-state index contributed by atoms with van der Waals surface area (Å²) < 4.78 is 27.5. The standard InChI is InChI=1S/C22H26F2/c1-3-4-16-5-7-17(8-6-16)18-9-11-20(15(2)13-18)21-14-19(23)10-12-22(21)24/h9-14,16-17H,3-8H2,1-2H3. The Labute approximate surface area is 143 Å². The molecule has 0 saturated heterocycles. The van der Waals surface area contributed by atoms with Crippen molar-refractivity contribution in [3.63, 3.8) is 0 Å². The number of benzene rings is 2. The summed E-state index contributed by atoms with van der Waals surface area (Å²) in [7, 11) is 0. The van der Waals surface area contributed by atoms with Gasteiger partial charge < -0.3 is 0 Å². The van der Waals surface area contributed by atoms with E-state index in [-0.39, 0.29) is 5.82 Å². The first kappa shape index (κ1) is 17.1. The SMILES string of the molecule is CCCC1CCC(c2ccc(-c3cc(F)ccc3F)c(C)c2)CC1. The molecule has 0 N–H and O–H groups in total. The minimum atomic E-state index is -0.399. The van der Waals surface area contributed by atoms with Crippen LogP contribution in [0.2, 0.25) is 0 Å². The van der Waals surface area contributed by atoms with Crippen molar-refractivity contribution >= 4 is 0 Å². The van der Waals surface area contributed by atoms with Gasteiger partial charge in [-0.2, -0.15) is 0 Å². The van der Waals surface area contributed by atoms with Gasteiger partial charge in [0.15, 0.2) is 0 Å². The summed E-state index contributed by atoms with van der Waals surface area (Å²) in [6.07, 6.45) is 7.76. The molecule has 1 saturated carbocycles. The van der Waals surface area contributed by atoms with Gasteiger partial charge in [-0.3, -0.25) is 0 Å². The molecule has 0 nitrogen and oxygen atoms in total. The van der Waals surface area contributed by atoms with E-state index in [2.05, 4.69) is 19.1 Å². The van der Waals surface area contributed by atoms with Gasteiger partial charge >= 0.3 is 0 Å². The predicted molar refractivity (Wildman–Crippen MR) is 96.1 cm³/mol. The Bertz CT molecular complexity index is 697. The first-order valence-electron chi connectivity index (χ1n) is 9.14. The molecule has 0 spiro atoms. The lowest BCUT2D eigenvalue weighted by atomic mass is 9.77. The van der Waals surface area contributed by atoms with Gasteiger partial charge in [0.25, 0.3) is 0 Å². The Morgan fingerprint density at radius 3 is 2.33 bits per heavy atom. The van der Waals surface area contributed by atoms with Crippen LogP contribution in [0.5, 0.6) is 0 Å². The molecular weight excluding hydrogens is 302 g/mol. The topological polar surface area (TPSA) is 0 Å². The third kappa shape index (κ3) is 3.68. The molecule has 0 radical (unpaired) electrons. The summed E-state index contributed by atoms with van der Waals surface area (Å²) in [5.41, 5.74) is 3.51. The average Bonchev–Trinajstić information content (AvgIpc) is 2.58. The van der Waals surface area contributed by atoms with Gasteiger partial charge in [0.05, 0.1) is 0 Å². The van der Waals surface area contributed by atoms with Crippen molar-refractivity contribution in [3.05, 3.63) is 59.2 Å². The fourth-order valence-corrected chi connectivity index (χ4v) is 4.14. The summed E-state index contributed by atoms with van der Waals surface area (Å²) in [6.45, 7) is 4.26. The van der Waals surface area contributed by atoms with Crippen LogP contribution < -0.4 is 0 Å². The van der Waals surface area contributed by atoms with Crippen LogP contribution in [-0.4, -0.2) is 0 Å². The smallest absolute Gasteiger partial charge is 0.131 e. The number of hydrogen-bond donors (Lipinski definition) is 0. The van der Waals surface area contributed by atoms with Gasteiger partial charge in [0.1, 0.15) is 11.6 Å². The highest BCUT2D eigenvalue weighted by molar-refractivity contribution is 5.68. The summed E-state index contributed by atoms with van der Waals surface area (Å²) >= 11 is 0. The van der Waals surface area contributed by atoms with E-state index < -0.39 is 5.82 Å². The van der Waals surface area contributed by atoms with Crippen molar-refractivity contribution in [2.75, 3.05) is 0 Å². The lowest BCUT2D eigenvalue weighted by molar-refractivity contribution is 0.308. The highest BCUT2D eigenvalue weighted by atomic mass is 19.1. The van der Waals surface area contributed by atoms with Crippen LogP contribution in [-0.2, 0) is 0 Å². The van der Waals surface area contributed by atoms with Crippen LogP contribution in [0.3, 0.4) is 0 Å². The molecule has 24 heavy (non-hydrogen) atoms. The van der Waals surface area contributed by atoms with Gasteiger partial charge in [0, 0.05) is 5.56 Å². The fourth-order valence-electron chi connectivity index (χ4n) is 4.14. The van der Waals surface area contributed by atoms with Crippen molar-refractivity contribution in [2.24, 2.45) is 5.92 Å². The molecule has 2 aromatic rings. The number of halogens is 2. The zero-order valence-electron chi connectivity index (χ0n) is 14.6. The molecule has 0 aromatic heterocycles. The van der Waals surface area contributed by atoms with E-state index in [1.54, 1.807) is 0 Å². The molecule has 1 aliphatic rings. The van der Waals surface area contributed by atoms with Crippen LogP contribution >= 0.6 is 0 Å². The van der Waals surface area contributed by atoms with Crippen LogP contribution in [0.25, 0.3) is 11.1 Å². The van der Waals surface area contributed by atoms with E-state index in [0.29, 0.717) is 11.5 Å². The van der Waals surface area contributed by atoms with E-state index in [1.807, 2.05) is 13.0 Å². The maximum Gasteiger partial charge on any atom is 0.131 e. The Morgan fingerprint density at radius 2 is 1.67 bits per heavy atom.